The van der Waals surface area contributed by atoms with Crippen LogP contribution in [0.1, 0.15) is 21.5 Å². The van der Waals surface area contributed by atoms with Crippen LogP contribution < -0.4 is 10.9 Å². The van der Waals surface area contributed by atoms with Crippen molar-refractivity contribution in [1.29, 1.82) is 0 Å². The monoisotopic (exact) mass is 359 g/mol. The fourth-order valence-electron chi connectivity index (χ4n) is 2.50. The van der Waals surface area contributed by atoms with E-state index in [1.165, 1.54) is 12.3 Å². The fourth-order valence-corrected chi connectivity index (χ4v) is 3.74. The molecule has 7 nitrogen and oxygen atoms in total. The standard InChI is InChI=1S/C17H17N3O4S/c1-10-3-4-12(7-11(10)2)15-18-8-14(17(22)20-15)16(21)19-13-5-6-25(23,24)9-13/h3-8,13H,9H2,1-2H3,(H,19,21)(H,18,20,22). The Labute approximate surface area is 144 Å². The quantitative estimate of drug-likeness (QED) is 0.853. The molecule has 0 aliphatic carbocycles. The van der Waals surface area contributed by atoms with Crippen molar-refractivity contribution in [3.05, 3.63) is 62.9 Å². The van der Waals surface area contributed by atoms with E-state index in [0.29, 0.717) is 5.82 Å². The van der Waals surface area contributed by atoms with Crippen LogP contribution in [-0.4, -0.2) is 36.1 Å². The molecule has 1 unspecified atom stereocenters. The van der Waals surface area contributed by atoms with Gasteiger partial charge in [-0.2, -0.15) is 0 Å². The molecule has 0 spiro atoms. The summed E-state index contributed by atoms with van der Waals surface area (Å²) < 4.78 is 22.7. The van der Waals surface area contributed by atoms with E-state index in [1.807, 2.05) is 32.0 Å². The van der Waals surface area contributed by atoms with Crippen LogP contribution in [0.2, 0.25) is 0 Å². The van der Waals surface area contributed by atoms with Crippen molar-refractivity contribution >= 4 is 15.7 Å². The van der Waals surface area contributed by atoms with Crippen molar-refractivity contribution < 1.29 is 13.2 Å². The number of aromatic nitrogens is 2. The lowest BCUT2D eigenvalue weighted by molar-refractivity contribution is 0.0946. The van der Waals surface area contributed by atoms with Crippen LogP contribution in [0.3, 0.4) is 0 Å². The summed E-state index contributed by atoms with van der Waals surface area (Å²) in [6.07, 6.45) is 2.59. The van der Waals surface area contributed by atoms with E-state index >= 15 is 0 Å². The molecule has 0 saturated carbocycles. The molecule has 1 amide bonds. The lowest BCUT2D eigenvalue weighted by atomic mass is 10.1. The summed E-state index contributed by atoms with van der Waals surface area (Å²) in [4.78, 5) is 31.1. The van der Waals surface area contributed by atoms with Gasteiger partial charge in [0.1, 0.15) is 11.4 Å². The number of aromatic amines is 1. The average Bonchev–Trinajstić information content (AvgIpc) is 2.88. The minimum absolute atomic E-state index is 0.162. The second kappa shape index (κ2) is 6.29. The third-order valence-electron chi connectivity index (χ3n) is 4.07. The zero-order chi connectivity index (χ0) is 18.2. The first kappa shape index (κ1) is 17.1. The Balaban J connectivity index is 1.82. The van der Waals surface area contributed by atoms with Gasteiger partial charge in [0.2, 0.25) is 0 Å². The van der Waals surface area contributed by atoms with Crippen molar-refractivity contribution in [2.45, 2.75) is 19.9 Å². The van der Waals surface area contributed by atoms with Crippen LogP contribution >= 0.6 is 0 Å². The van der Waals surface area contributed by atoms with Gasteiger partial charge >= 0.3 is 0 Å². The summed E-state index contributed by atoms with van der Waals surface area (Å²) >= 11 is 0. The van der Waals surface area contributed by atoms with Crippen molar-refractivity contribution in [1.82, 2.24) is 15.3 Å². The second-order valence-electron chi connectivity index (χ2n) is 6.01. The van der Waals surface area contributed by atoms with Crippen LogP contribution in [0.15, 0.2) is 40.7 Å². The number of nitrogens with one attached hydrogen (secondary N) is 2. The normalized spacial score (nSPS) is 18.2. The number of benzene rings is 1. The molecule has 1 aromatic heterocycles. The highest BCUT2D eigenvalue weighted by Gasteiger charge is 2.24. The molecule has 0 bridgehead atoms. The summed E-state index contributed by atoms with van der Waals surface area (Å²) in [5.41, 5.74) is 2.20. The van der Waals surface area contributed by atoms with E-state index in [4.69, 9.17) is 0 Å². The van der Waals surface area contributed by atoms with Gasteiger partial charge in [-0.25, -0.2) is 13.4 Å². The molecule has 2 heterocycles. The molecule has 1 aromatic carbocycles. The Morgan fingerprint density at radius 2 is 2.04 bits per heavy atom. The molecule has 8 heteroatoms. The van der Waals surface area contributed by atoms with Gasteiger partial charge in [0, 0.05) is 17.2 Å². The van der Waals surface area contributed by atoms with Gasteiger partial charge in [-0.15, -0.1) is 0 Å². The highest BCUT2D eigenvalue weighted by atomic mass is 32.2. The molecular formula is C17H17N3O4S. The number of carbonyl (C=O) groups is 1. The first-order valence-electron chi connectivity index (χ1n) is 7.64. The van der Waals surface area contributed by atoms with E-state index in [-0.39, 0.29) is 11.3 Å². The van der Waals surface area contributed by atoms with Gasteiger partial charge in [-0.05, 0) is 37.1 Å². The lowest BCUT2D eigenvalue weighted by Crippen LogP contribution is -2.38. The third kappa shape index (κ3) is 3.69. The Hall–Kier alpha value is -2.74. The van der Waals surface area contributed by atoms with Crippen LogP contribution in [0, 0.1) is 13.8 Å². The Morgan fingerprint density at radius 3 is 2.64 bits per heavy atom. The largest absolute Gasteiger partial charge is 0.345 e. The molecule has 0 fully saturated rings. The topological polar surface area (TPSA) is 109 Å². The number of H-pyrrole nitrogens is 1. The molecule has 2 N–H and O–H groups in total. The third-order valence-corrected chi connectivity index (χ3v) is 5.47. The maximum absolute atomic E-state index is 12.2. The number of rotatable bonds is 3. The maximum Gasteiger partial charge on any atom is 0.264 e. The summed E-state index contributed by atoms with van der Waals surface area (Å²) in [6, 6.07) is 5.03. The summed E-state index contributed by atoms with van der Waals surface area (Å²) in [6.45, 7) is 3.95. The minimum Gasteiger partial charge on any atom is -0.345 e. The zero-order valence-electron chi connectivity index (χ0n) is 13.7. The maximum atomic E-state index is 12.2. The van der Waals surface area contributed by atoms with E-state index in [0.717, 1.165) is 22.1 Å². The molecular weight excluding hydrogens is 342 g/mol. The van der Waals surface area contributed by atoms with E-state index in [1.54, 1.807) is 0 Å². The van der Waals surface area contributed by atoms with Crippen molar-refractivity contribution in [2.24, 2.45) is 0 Å². The smallest absolute Gasteiger partial charge is 0.264 e. The second-order valence-corrected chi connectivity index (χ2v) is 7.94. The number of amides is 1. The molecule has 1 atom stereocenters. The van der Waals surface area contributed by atoms with Gasteiger partial charge in [0.15, 0.2) is 9.84 Å². The molecule has 0 radical (unpaired) electrons. The number of aryl methyl sites for hydroxylation is 2. The number of sulfone groups is 1. The SMILES string of the molecule is Cc1ccc(-c2ncc(C(=O)NC3C=CS(=O)(=O)C3)c(=O)[nH]2)cc1C. The van der Waals surface area contributed by atoms with Gasteiger partial charge in [0.05, 0.1) is 11.8 Å². The number of hydrogen-bond acceptors (Lipinski definition) is 5. The van der Waals surface area contributed by atoms with Gasteiger partial charge in [-0.3, -0.25) is 9.59 Å². The summed E-state index contributed by atoms with van der Waals surface area (Å²) in [7, 11) is -3.28. The first-order chi connectivity index (χ1) is 11.7. The Bertz CT molecular complexity index is 1040. The molecule has 0 saturated heterocycles. The van der Waals surface area contributed by atoms with Crippen LogP contribution in [-0.2, 0) is 9.84 Å². The van der Waals surface area contributed by atoms with E-state index in [2.05, 4.69) is 15.3 Å². The average molecular weight is 359 g/mol. The Kier molecular flexibility index (Phi) is 4.30. The van der Waals surface area contributed by atoms with Crippen LogP contribution in [0.5, 0.6) is 0 Å². The van der Waals surface area contributed by atoms with Crippen LogP contribution in [0.4, 0.5) is 0 Å². The van der Waals surface area contributed by atoms with E-state index < -0.39 is 27.3 Å². The highest BCUT2D eigenvalue weighted by molar-refractivity contribution is 7.94. The molecule has 1 aliphatic rings. The highest BCUT2D eigenvalue weighted by Crippen LogP contribution is 2.17. The number of carbonyl (C=O) groups excluding carboxylic acids is 1. The van der Waals surface area contributed by atoms with Gasteiger partial charge in [-0.1, -0.05) is 12.1 Å². The van der Waals surface area contributed by atoms with E-state index in [9.17, 15) is 18.0 Å². The summed E-state index contributed by atoms with van der Waals surface area (Å²) in [5, 5.41) is 3.56. The number of nitrogens with zero attached hydrogens (tertiary/aromatic N) is 1. The number of hydrogen-bond donors (Lipinski definition) is 2. The predicted molar refractivity (Wildman–Crippen MR) is 93.9 cm³/mol. The first-order valence-corrected chi connectivity index (χ1v) is 9.35. The predicted octanol–water partition coefficient (Wildman–Crippen LogP) is 1.09. The lowest BCUT2D eigenvalue weighted by Gasteiger charge is -2.10. The van der Waals surface area contributed by atoms with Crippen molar-refractivity contribution in [3.8, 4) is 11.4 Å². The fraction of sp³-hybridized carbons (Fsp3) is 0.235. The van der Waals surface area contributed by atoms with Gasteiger partial charge < -0.3 is 10.3 Å². The Morgan fingerprint density at radius 1 is 1.28 bits per heavy atom. The molecule has 25 heavy (non-hydrogen) atoms. The van der Waals surface area contributed by atoms with Crippen molar-refractivity contribution in [3.63, 3.8) is 0 Å². The molecule has 130 valence electrons. The minimum atomic E-state index is -3.28. The zero-order valence-corrected chi connectivity index (χ0v) is 14.6. The molecule has 3 rings (SSSR count). The van der Waals surface area contributed by atoms with Gasteiger partial charge in [0.25, 0.3) is 11.5 Å². The molecule has 2 aromatic rings. The summed E-state index contributed by atoms with van der Waals surface area (Å²) in [5.74, 6) is -0.495. The van der Waals surface area contributed by atoms with Crippen LogP contribution in [0.25, 0.3) is 11.4 Å². The molecule has 1 aliphatic heterocycles. The van der Waals surface area contributed by atoms with Crippen molar-refractivity contribution in [2.75, 3.05) is 5.75 Å².